The van der Waals surface area contributed by atoms with Gasteiger partial charge in [-0.05, 0) is 44.0 Å². The van der Waals surface area contributed by atoms with E-state index >= 15 is 0 Å². The fourth-order valence-corrected chi connectivity index (χ4v) is 4.06. The number of aryl methyl sites for hydroxylation is 2. The molecule has 0 atom stereocenters. The molecule has 1 amide bonds. The van der Waals surface area contributed by atoms with E-state index in [0.29, 0.717) is 16.1 Å². The Kier molecular flexibility index (Phi) is 5.70. The number of amides is 1. The van der Waals surface area contributed by atoms with Crippen molar-refractivity contribution in [2.45, 2.75) is 38.0 Å². The molecule has 0 bridgehead atoms. The predicted molar refractivity (Wildman–Crippen MR) is 91.3 cm³/mol. The Bertz CT molecular complexity index is 878. The molecular weight excluding hydrogens is 346 g/mol. The molecule has 0 aliphatic carbocycles. The Balaban J connectivity index is 2.18. The normalized spacial score (nSPS) is 11.0. The first-order chi connectivity index (χ1) is 11.4. The molecule has 0 radical (unpaired) electrons. The highest BCUT2D eigenvalue weighted by Gasteiger charge is 2.22. The lowest BCUT2D eigenvalue weighted by atomic mass is 10.2. The summed E-state index contributed by atoms with van der Waals surface area (Å²) in [4.78, 5) is 16.9. The number of nitrogens with zero attached hydrogens (tertiary/aromatic N) is 2. The number of sulfonamides is 1. The fraction of sp³-hybridized carbons (Fsp3) is 0.312. The lowest BCUT2D eigenvalue weighted by Gasteiger charge is -2.06. The summed E-state index contributed by atoms with van der Waals surface area (Å²) in [5, 5.41) is 9.57. The number of hydrogen-bond donors (Lipinski definition) is 1. The summed E-state index contributed by atoms with van der Waals surface area (Å²) in [6.45, 7) is 3.76. The molecule has 0 unspecified atom stereocenters. The molecule has 1 aromatic heterocycles. The Morgan fingerprint density at radius 2 is 2.00 bits per heavy atom. The molecule has 2 rings (SSSR count). The van der Waals surface area contributed by atoms with Crippen LogP contribution in [0.1, 0.15) is 45.7 Å². The standard InChI is InChI=1S/C16H17N3O3S2/c1-3-4-5-14-18-11(2)15(23-14)16(20)19-24(21,22)13-8-6-12(10-17)7-9-13/h6-9H,3-5H2,1-2H3,(H,19,20). The Morgan fingerprint density at radius 1 is 1.33 bits per heavy atom. The molecule has 6 nitrogen and oxygen atoms in total. The highest BCUT2D eigenvalue weighted by atomic mass is 32.2. The van der Waals surface area contributed by atoms with Crippen LogP contribution in [0.25, 0.3) is 0 Å². The van der Waals surface area contributed by atoms with Crippen LogP contribution in [0.2, 0.25) is 0 Å². The van der Waals surface area contributed by atoms with Gasteiger partial charge in [0.05, 0.1) is 27.2 Å². The molecule has 0 fully saturated rings. The molecule has 0 saturated heterocycles. The highest BCUT2D eigenvalue weighted by Crippen LogP contribution is 2.20. The molecule has 2 aromatic rings. The van der Waals surface area contributed by atoms with Crippen LogP contribution >= 0.6 is 11.3 Å². The second-order valence-corrected chi connectivity index (χ2v) is 7.96. The number of rotatable bonds is 6. The van der Waals surface area contributed by atoms with Gasteiger partial charge in [0.2, 0.25) is 0 Å². The predicted octanol–water partition coefficient (Wildman–Crippen LogP) is 2.78. The maximum atomic E-state index is 12.3. The second-order valence-electron chi connectivity index (χ2n) is 5.20. The van der Waals surface area contributed by atoms with Gasteiger partial charge >= 0.3 is 0 Å². The molecule has 0 saturated carbocycles. The third kappa shape index (κ3) is 4.19. The first kappa shape index (κ1) is 18.1. The van der Waals surface area contributed by atoms with E-state index in [0.717, 1.165) is 24.3 Å². The molecule has 24 heavy (non-hydrogen) atoms. The molecule has 1 heterocycles. The van der Waals surface area contributed by atoms with Crippen LogP contribution in [0.5, 0.6) is 0 Å². The van der Waals surface area contributed by atoms with E-state index in [1.54, 1.807) is 6.92 Å². The van der Waals surface area contributed by atoms with Crippen LogP contribution in [0, 0.1) is 18.3 Å². The molecule has 0 spiro atoms. The first-order valence-corrected chi connectivity index (χ1v) is 9.71. The Morgan fingerprint density at radius 3 is 2.58 bits per heavy atom. The number of nitrogens with one attached hydrogen (secondary N) is 1. The van der Waals surface area contributed by atoms with Crippen molar-refractivity contribution in [3.05, 3.63) is 45.4 Å². The number of hydrogen-bond acceptors (Lipinski definition) is 6. The summed E-state index contributed by atoms with van der Waals surface area (Å²) in [5.41, 5.74) is 0.873. The molecule has 0 aliphatic rings. The van der Waals surface area contributed by atoms with Gasteiger partial charge in [0.1, 0.15) is 4.88 Å². The van der Waals surface area contributed by atoms with Crippen LogP contribution in [0.3, 0.4) is 0 Å². The minimum absolute atomic E-state index is 0.0665. The largest absolute Gasteiger partial charge is 0.276 e. The Labute approximate surface area is 145 Å². The van der Waals surface area contributed by atoms with Crippen molar-refractivity contribution in [3.8, 4) is 6.07 Å². The van der Waals surface area contributed by atoms with Crippen molar-refractivity contribution in [2.24, 2.45) is 0 Å². The van der Waals surface area contributed by atoms with Crippen LogP contribution in [0.15, 0.2) is 29.2 Å². The van der Waals surface area contributed by atoms with Crippen LogP contribution < -0.4 is 4.72 Å². The van der Waals surface area contributed by atoms with Gasteiger partial charge in [0, 0.05) is 0 Å². The SMILES string of the molecule is CCCCc1nc(C)c(C(=O)NS(=O)(=O)c2ccc(C#N)cc2)s1. The van der Waals surface area contributed by atoms with E-state index in [-0.39, 0.29) is 4.90 Å². The molecule has 8 heteroatoms. The van der Waals surface area contributed by atoms with E-state index in [1.807, 2.05) is 6.07 Å². The topological polar surface area (TPSA) is 99.9 Å². The summed E-state index contributed by atoms with van der Waals surface area (Å²) in [6.07, 6.45) is 2.77. The van der Waals surface area contributed by atoms with Crippen molar-refractivity contribution in [1.29, 1.82) is 5.26 Å². The number of benzene rings is 1. The van der Waals surface area contributed by atoms with Gasteiger partial charge in [0.15, 0.2) is 0 Å². The van der Waals surface area contributed by atoms with Crippen molar-refractivity contribution in [2.75, 3.05) is 0 Å². The molecule has 1 N–H and O–H groups in total. The lowest BCUT2D eigenvalue weighted by Crippen LogP contribution is -2.30. The number of nitriles is 1. The van der Waals surface area contributed by atoms with Gasteiger partial charge in [-0.15, -0.1) is 11.3 Å². The van der Waals surface area contributed by atoms with Crippen molar-refractivity contribution in [3.63, 3.8) is 0 Å². The number of carbonyl (C=O) groups is 1. The summed E-state index contributed by atoms with van der Waals surface area (Å²) in [5.74, 6) is -0.683. The van der Waals surface area contributed by atoms with Gasteiger partial charge in [0.25, 0.3) is 15.9 Å². The van der Waals surface area contributed by atoms with Gasteiger partial charge in [-0.3, -0.25) is 4.79 Å². The van der Waals surface area contributed by atoms with Gasteiger partial charge in [-0.2, -0.15) is 5.26 Å². The quantitative estimate of drug-likeness (QED) is 0.850. The van der Waals surface area contributed by atoms with E-state index in [4.69, 9.17) is 5.26 Å². The minimum Gasteiger partial charge on any atom is -0.267 e. The van der Waals surface area contributed by atoms with E-state index in [1.165, 1.54) is 35.6 Å². The average Bonchev–Trinajstić information content (AvgIpc) is 2.93. The summed E-state index contributed by atoms with van der Waals surface area (Å²) in [7, 11) is -3.99. The fourth-order valence-electron chi connectivity index (χ4n) is 2.03. The van der Waals surface area contributed by atoms with E-state index < -0.39 is 15.9 Å². The second kappa shape index (κ2) is 7.55. The van der Waals surface area contributed by atoms with Crippen molar-refractivity contribution < 1.29 is 13.2 Å². The highest BCUT2D eigenvalue weighted by molar-refractivity contribution is 7.90. The smallest absolute Gasteiger partial charge is 0.267 e. The summed E-state index contributed by atoms with van der Waals surface area (Å²) in [6, 6.07) is 7.27. The van der Waals surface area contributed by atoms with Gasteiger partial charge in [-0.1, -0.05) is 13.3 Å². The number of thiazole rings is 1. The average molecular weight is 363 g/mol. The summed E-state index contributed by atoms with van der Waals surface area (Å²) >= 11 is 1.22. The Hall–Kier alpha value is -2.24. The molecular formula is C16H17N3O3S2. The number of aromatic nitrogens is 1. The zero-order valence-corrected chi connectivity index (χ0v) is 15.0. The van der Waals surface area contributed by atoms with Crippen LogP contribution in [-0.2, 0) is 16.4 Å². The summed E-state index contributed by atoms with van der Waals surface area (Å²) < 4.78 is 26.6. The third-order valence-electron chi connectivity index (χ3n) is 3.31. The van der Waals surface area contributed by atoms with Crippen LogP contribution in [-0.4, -0.2) is 19.3 Å². The van der Waals surface area contributed by atoms with E-state index in [9.17, 15) is 13.2 Å². The first-order valence-electron chi connectivity index (χ1n) is 7.41. The van der Waals surface area contributed by atoms with Gasteiger partial charge in [-0.25, -0.2) is 18.1 Å². The monoisotopic (exact) mass is 363 g/mol. The van der Waals surface area contributed by atoms with Crippen LogP contribution in [0.4, 0.5) is 0 Å². The van der Waals surface area contributed by atoms with Gasteiger partial charge < -0.3 is 0 Å². The van der Waals surface area contributed by atoms with Crippen molar-refractivity contribution in [1.82, 2.24) is 9.71 Å². The molecule has 0 aliphatic heterocycles. The lowest BCUT2D eigenvalue weighted by molar-refractivity contribution is 0.0984. The minimum atomic E-state index is -3.99. The maximum Gasteiger partial charge on any atom is 0.276 e. The molecule has 1 aromatic carbocycles. The molecule has 126 valence electrons. The zero-order chi connectivity index (χ0) is 17.7. The third-order valence-corrected chi connectivity index (χ3v) is 5.87. The maximum absolute atomic E-state index is 12.3. The number of carbonyl (C=O) groups excluding carboxylic acids is 1. The van der Waals surface area contributed by atoms with Crippen molar-refractivity contribution >= 4 is 27.3 Å². The number of unbranched alkanes of at least 4 members (excludes halogenated alkanes) is 1. The van der Waals surface area contributed by atoms with E-state index in [2.05, 4.69) is 16.6 Å². The zero-order valence-electron chi connectivity index (χ0n) is 13.4.